The van der Waals surface area contributed by atoms with Gasteiger partial charge in [0.05, 0.1) is 0 Å². The number of hydrogen-bond acceptors (Lipinski definition) is 2. The predicted molar refractivity (Wildman–Crippen MR) is 79.2 cm³/mol. The number of hydrogen-bond donors (Lipinski definition) is 0. The smallest absolute Gasteiger partial charge is 0.0178 e. The van der Waals surface area contributed by atoms with Crippen molar-refractivity contribution in [3.05, 3.63) is 0 Å². The topological polar surface area (TPSA) is 40.1 Å². The molecule has 0 N–H and O–H groups in total. The third kappa shape index (κ3) is 8.32. The molecule has 0 aromatic rings. The summed E-state index contributed by atoms with van der Waals surface area (Å²) < 4.78 is 12.3. The van der Waals surface area contributed by atoms with Crippen molar-refractivity contribution in [3.63, 3.8) is 0 Å². The van der Waals surface area contributed by atoms with Gasteiger partial charge in [0, 0.05) is 7.37 Å². The van der Waals surface area contributed by atoms with Crippen LogP contribution in [0.5, 0.6) is 0 Å². The molecule has 0 saturated heterocycles. The molecule has 0 rings (SSSR count). The maximum atomic E-state index is 12.3. The molecule has 0 aliphatic rings. The summed E-state index contributed by atoms with van der Waals surface area (Å²) in [5.74, 6) is 0.246. The van der Waals surface area contributed by atoms with Crippen molar-refractivity contribution in [2.45, 2.75) is 73.9 Å². The zero-order valence-electron chi connectivity index (χ0n) is 13.5. The molecule has 0 amide bonds. The molecule has 0 saturated carbocycles. The van der Waals surface area contributed by atoms with Gasteiger partial charge >= 0.3 is 0 Å². The van der Waals surface area contributed by atoms with E-state index >= 15 is 0 Å². The summed E-state index contributed by atoms with van der Waals surface area (Å²) in [6.07, 6.45) is 2.05. The standard InChI is InChI=1S/C15H33O2P/c1-12(9-14(3,4)5)11-18(16,17)13(2)10-15(6,7)8/h12-13H,9-11H2,1-8H3,(H,16,17)/p-1. The van der Waals surface area contributed by atoms with Gasteiger partial charge in [-0.05, 0) is 41.4 Å². The zero-order valence-corrected chi connectivity index (χ0v) is 14.4. The van der Waals surface area contributed by atoms with Gasteiger partial charge in [-0.3, -0.25) is 0 Å². The van der Waals surface area contributed by atoms with E-state index < -0.39 is 7.37 Å². The second-order valence-electron chi connectivity index (χ2n) is 8.39. The third-order valence-electron chi connectivity index (χ3n) is 3.11. The van der Waals surface area contributed by atoms with Crippen LogP contribution in [-0.4, -0.2) is 11.8 Å². The fourth-order valence-electron chi connectivity index (χ4n) is 2.75. The molecular weight excluding hydrogens is 243 g/mol. The summed E-state index contributed by atoms with van der Waals surface area (Å²) in [5, 5.41) is 0. The van der Waals surface area contributed by atoms with Gasteiger partial charge in [0.1, 0.15) is 0 Å². The number of rotatable bonds is 5. The first-order chi connectivity index (χ1) is 7.73. The molecule has 0 spiro atoms. The Balaban J connectivity index is 4.51. The van der Waals surface area contributed by atoms with E-state index in [-0.39, 0.29) is 22.4 Å². The first-order valence-corrected chi connectivity index (χ1v) is 8.91. The Kier molecular flexibility index (Phi) is 6.16. The molecule has 2 nitrogen and oxygen atoms in total. The molecule has 0 aliphatic heterocycles. The highest BCUT2D eigenvalue weighted by molar-refractivity contribution is 7.57. The van der Waals surface area contributed by atoms with E-state index in [1.165, 1.54) is 0 Å². The lowest BCUT2D eigenvalue weighted by molar-refractivity contribution is -0.178. The first kappa shape index (κ1) is 18.2. The van der Waals surface area contributed by atoms with Crippen molar-refractivity contribution in [2.75, 3.05) is 6.16 Å². The van der Waals surface area contributed by atoms with Crippen LogP contribution < -0.4 is 4.89 Å². The maximum absolute atomic E-state index is 12.3. The highest BCUT2D eigenvalue weighted by atomic mass is 31.2. The van der Waals surface area contributed by atoms with Crippen LogP contribution in [0.2, 0.25) is 0 Å². The predicted octanol–water partition coefficient (Wildman–Crippen LogP) is 4.52. The average molecular weight is 275 g/mol. The van der Waals surface area contributed by atoms with Crippen LogP contribution in [0.3, 0.4) is 0 Å². The van der Waals surface area contributed by atoms with Gasteiger partial charge in [-0.1, -0.05) is 55.4 Å². The van der Waals surface area contributed by atoms with Gasteiger partial charge in [0.2, 0.25) is 0 Å². The van der Waals surface area contributed by atoms with Crippen LogP contribution in [0, 0.1) is 16.7 Å². The van der Waals surface area contributed by atoms with Crippen molar-refractivity contribution in [1.29, 1.82) is 0 Å². The molecule has 0 fully saturated rings. The maximum Gasteiger partial charge on any atom is 0.0178 e. The highest BCUT2D eigenvalue weighted by Crippen LogP contribution is 2.48. The molecule has 0 bridgehead atoms. The van der Waals surface area contributed by atoms with Gasteiger partial charge in [-0.2, -0.15) is 0 Å². The Hall–Kier alpha value is 0.190. The van der Waals surface area contributed by atoms with Crippen LogP contribution >= 0.6 is 7.37 Å². The molecule has 3 heteroatoms. The minimum absolute atomic E-state index is 0.0761. The van der Waals surface area contributed by atoms with Crippen LogP contribution in [0.1, 0.15) is 68.2 Å². The lowest BCUT2D eigenvalue weighted by Gasteiger charge is -2.37. The second kappa shape index (κ2) is 6.09. The Morgan fingerprint density at radius 3 is 1.67 bits per heavy atom. The lowest BCUT2D eigenvalue weighted by Crippen LogP contribution is -2.25. The normalized spacial score (nSPS) is 20.3. The van der Waals surface area contributed by atoms with E-state index in [9.17, 15) is 9.46 Å². The fourth-order valence-corrected chi connectivity index (χ4v) is 4.93. The Labute approximate surface area is 114 Å². The summed E-state index contributed by atoms with van der Waals surface area (Å²) >= 11 is 0. The van der Waals surface area contributed by atoms with Crippen LogP contribution in [0.4, 0.5) is 0 Å². The summed E-state index contributed by atoms with van der Waals surface area (Å²) in [4.78, 5) is 12.3. The minimum Gasteiger partial charge on any atom is -0.799 e. The summed E-state index contributed by atoms with van der Waals surface area (Å²) in [6.45, 7) is 16.7. The third-order valence-corrected chi connectivity index (χ3v) is 5.76. The first-order valence-electron chi connectivity index (χ1n) is 7.03. The molecule has 0 heterocycles. The van der Waals surface area contributed by atoms with E-state index in [4.69, 9.17) is 0 Å². The summed E-state index contributed by atoms with van der Waals surface area (Å²) in [7, 11) is -3.27. The van der Waals surface area contributed by atoms with Crippen LogP contribution in [0.15, 0.2) is 0 Å². The molecule has 110 valence electrons. The highest BCUT2D eigenvalue weighted by Gasteiger charge is 2.26. The van der Waals surface area contributed by atoms with Gasteiger partial charge in [-0.15, -0.1) is 0 Å². The van der Waals surface area contributed by atoms with Crippen molar-refractivity contribution in [3.8, 4) is 0 Å². The van der Waals surface area contributed by atoms with E-state index in [2.05, 4.69) is 48.5 Å². The van der Waals surface area contributed by atoms with Crippen molar-refractivity contribution in [2.24, 2.45) is 16.7 Å². The van der Waals surface area contributed by atoms with Gasteiger partial charge in [0.15, 0.2) is 0 Å². The van der Waals surface area contributed by atoms with Crippen molar-refractivity contribution < 1.29 is 9.46 Å². The summed E-state index contributed by atoms with van der Waals surface area (Å²) in [6, 6.07) is 0. The molecule has 0 aliphatic carbocycles. The van der Waals surface area contributed by atoms with Crippen LogP contribution in [0.25, 0.3) is 0 Å². The molecule has 18 heavy (non-hydrogen) atoms. The van der Waals surface area contributed by atoms with E-state index in [0.717, 1.165) is 12.8 Å². The van der Waals surface area contributed by atoms with E-state index in [1.807, 2.05) is 6.92 Å². The molecule has 3 unspecified atom stereocenters. The van der Waals surface area contributed by atoms with Gasteiger partial charge in [-0.25, -0.2) is 0 Å². The zero-order chi connectivity index (χ0) is 14.8. The quantitative estimate of drug-likeness (QED) is 0.692. The second-order valence-corrected chi connectivity index (χ2v) is 11.1. The molecule has 0 radical (unpaired) electrons. The molecule has 0 aromatic heterocycles. The van der Waals surface area contributed by atoms with E-state index in [0.29, 0.717) is 6.16 Å². The Morgan fingerprint density at radius 1 is 0.944 bits per heavy atom. The molecule has 0 aromatic carbocycles. The molecule has 3 atom stereocenters. The Bertz CT molecular complexity index is 297. The monoisotopic (exact) mass is 275 g/mol. The molecular formula is C15H32O2P-. The fraction of sp³-hybridized carbons (Fsp3) is 1.00. The van der Waals surface area contributed by atoms with Crippen LogP contribution in [-0.2, 0) is 4.57 Å². The van der Waals surface area contributed by atoms with Crippen molar-refractivity contribution >= 4 is 7.37 Å². The van der Waals surface area contributed by atoms with Gasteiger partial charge < -0.3 is 9.46 Å². The largest absolute Gasteiger partial charge is 0.799 e. The SMILES string of the molecule is CC(CC(C)(C)C)CP(=O)([O-])C(C)CC(C)(C)C. The van der Waals surface area contributed by atoms with Crippen molar-refractivity contribution in [1.82, 2.24) is 0 Å². The van der Waals surface area contributed by atoms with E-state index in [1.54, 1.807) is 0 Å². The lowest BCUT2D eigenvalue weighted by atomic mass is 9.86. The summed E-state index contributed by atoms with van der Waals surface area (Å²) in [5.41, 5.74) is 0.0688. The Morgan fingerprint density at radius 2 is 1.33 bits per heavy atom. The average Bonchev–Trinajstić information content (AvgIpc) is 1.94. The van der Waals surface area contributed by atoms with Gasteiger partial charge in [0.25, 0.3) is 0 Å². The minimum atomic E-state index is -3.27.